The van der Waals surface area contributed by atoms with Crippen LogP contribution in [0.2, 0.25) is 0 Å². The summed E-state index contributed by atoms with van der Waals surface area (Å²) < 4.78 is 4.39. The summed E-state index contributed by atoms with van der Waals surface area (Å²) in [5.74, 6) is 0. The molecule has 1 aliphatic rings. The summed E-state index contributed by atoms with van der Waals surface area (Å²) in [6.07, 6.45) is 5.59. The molecule has 182 valence electrons. The van der Waals surface area contributed by atoms with Gasteiger partial charge in [0.25, 0.3) is 5.56 Å². The van der Waals surface area contributed by atoms with Crippen molar-refractivity contribution >= 4 is 38.3 Å². The highest BCUT2D eigenvalue weighted by Gasteiger charge is 2.36. The molecule has 4 aromatic rings. The Morgan fingerprint density at radius 1 is 1.20 bits per heavy atom. The Balaban J connectivity index is 1.51. The van der Waals surface area contributed by atoms with Crippen molar-refractivity contribution in [2.75, 3.05) is 18.0 Å². The van der Waals surface area contributed by atoms with Gasteiger partial charge in [-0.25, -0.2) is 4.98 Å². The van der Waals surface area contributed by atoms with E-state index < -0.39 is 0 Å². The standard InChI is InChI=1S/C25H30N8OS/c1-5-17-13-33(21-10-24(34)30(4)22-14-31(8-7-26)29-25(21)22)18(6-2)12-32(17)16(3)19-9-23-20(11-27-19)28-15-35-23/h9-11,14-18H,5-6,8,12-13H2,1-4H3/t16?,17-,18+/m1/s1. The average Bonchev–Trinajstić information content (AvgIpc) is 3.52. The number of pyridine rings is 2. The molecule has 1 fully saturated rings. The maximum Gasteiger partial charge on any atom is 0.252 e. The van der Waals surface area contributed by atoms with Crippen LogP contribution < -0.4 is 10.5 Å². The minimum absolute atomic E-state index is 0.0650. The maximum absolute atomic E-state index is 12.9. The first-order valence-electron chi connectivity index (χ1n) is 12.1. The number of aryl methyl sites for hydroxylation is 1. The van der Waals surface area contributed by atoms with E-state index in [2.05, 4.69) is 52.8 Å². The van der Waals surface area contributed by atoms with E-state index in [1.165, 1.54) is 0 Å². The quantitative estimate of drug-likeness (QED) is 0.407. The highest BCUT2D eigenvalue weighted by Crippen LogP contribution is 2.34. The molecule has 1 unspecified atom stereocenters. The zero-order valence-electron chi connectivity index (χ0n) is 20.5. The number of rotatable bonds is 6. The van der Waals surface area contributed by atoms with E-state index in [0.717, 1.165) is 58.6 Å². The first-order chi connectivity index (χ1) is 16.9. The van der Waals surface area contributed by atoms with Gasteiger partial charge in [-0.2, -0.15) is 10.4 Å². The van der Waals surface area contributed by atoms with Gasteiger partial charge in [0.15, 0.2) is 0 Å². The number of nitrogens with zero attached hydrogens (tertiary/aromatic N) is 8. The number of thiazole rings is 1. The van der Waals surface area contributed by atoms with Gasteiger partial charge in [-0.05, 0) is 25.8 Å². The fourth-order valence-corrected chi connectivity index (χ4v) is 5.94. The molecule has 5 rings (SSSR count). The predicted octanol–water partition coefficient (Wildman–Crippen LogP) is 3.70. The number of aromatic nitrogens is 5. The molecule has 0 spiro atoms. The molecule has 0 aliphatic carbocycles. The van der Waals surface area contributed by atoms with Crippen molar-refractivity contribution in [1.82, 2.24) is 29.2 Å². The molecule has 0 aromatic carbocycles. The number of nitriles is 1. The van der Waals surface area contributed by atoms with Gasteiger partial charge in [0.2, 0.25) is 0 Å². The maximum atomic E-state index is 12.9. The average molecular weight is 491 g/mol. The lowest BCUT2D eigenvalue weighted by Gasteiger charge is -2.49. The second-order valence-corrected chi connectivity index (χ2v) is 10.1. The third-order valence-electron chi connectivity index (χ3n) is 7.32. The summed E-state index contributed by atoms with van der Waals surface area (Å²) in [5.41, 5.74) is 6.20. The Labute approximate surface area is 208 Å². The lowest BCUT2D eigenvalue weighted by atomic mass is 9.98. The molecule has 0 N–H and O–H groups in total. The Bertz CT molecular complexity index is 1460. The summed E-state index contributed by atoms with van der Waals surface area (Å²) in [4.78, 5) is 26.9. The van der Waals surface area contributed by atoms with Crippen LogP contribution in [0, 0.1) is 11.3 Å². The molecule has 5 heterocycles. The van der Waals surface area contributed by atoms with Crippen LogP contribution in [0.5, 0.6) is 0 Å². The number of piperazine rings is 1. The summed E-state index contributed by atoms with van der Waals surface area (Å²) >= 11 is 1.65. The van der Waals surface area contributed by atoms with Crippen LogP contribution in [0.3, 0.4) is 0 Å². The van der Waals surface area contributed by atoms with Crippen LogP contribution >= 0.6 is 11.3 Å². The zero-order valence-corrected chi connectivity index (χ0v) is 21.4. The summed E-state index contributed by atoms with van der Waals surface area (Å²) in [6.45, 7) is 8.47. The number of fused-ring (bicyclic) bond motifs is 2. The Kier molecular flexibility index (Phi) is 6.30. The number of hydrogen-bond donors (Lipinski definition) is 0. The monoisotopic (exact) mass is 490 g/mol. The highest BCUT2D eigenvalue weighted by atomic mass is 32.1. The molecule has 35 heavy (non-hydrogen) atoms. The number of hydrogen-bond acceptors (Lipinski definition) is 8. The second-order valence-electron chi connectivity index (χ2n) is 9.22. The topological polar surface area (TPSA) is 95.9 Å². The van der Waals surface area contributed by atoms with Crippen LogP contribution in [0.15, 0.2) is 34.8 Å². The fraction of sp³-hybridized carbons (Fsp3) is 0.480. The molecule has 3 atom stereocenters. The van der Waals surface area contributed by atoms with Crippen molar-refractivity contribution in [3.05, 3.63) is 46.1 Å². The van der Waals surface area contributed by atoms with Crippen LogP contribution in [0.4, 0.5) is 5.69 Å². The summed E-state index contributed by atoms with van der Waals surface area (Å²) in [6, 6.07) is 6.71. The second kappa shape index (κ2) is 9.40. The molecule has 10 heteroatoms. The molecular weight excluding hydrogens is 460 g/mol. The lowest BCUT2D eigenvalue weighted by Crippen LogP contribution is -2.58. The molecule has 1 saturated heterocycles. The fourth-order valence-electron chi connectivity index (χ4n) is 5.24. The van der Waals surface area contributed by atoms with E-state index in [1.54, 1.807) is 39.9 Å². The number of anilines is 1. The lowest BCUT2D eigenvalue weighted by molar-refractivity contribution is 0.0992. The van der Waals surface area contributed by atoms with Gasteiger partial charge in [0.1, 0.15) is 12.1 Å². The van der Waals surface area contributed by atoms with Crippen molar-refractivity contribution < 1.29 is 0 Å². The van der Waals surface area contributed by atoms with E-state index in [-0.39, 0.29) is 24.2 Å². The van der Waals surface area contributed by atoms with E-state index in [1.807, 2.05) is 11.7 Å². The van der Waals surface area contributed by atoms with Gasteiger partial charge in [-0.3, -0.25) is 19.4 Å². The van der Waals surface area contributed by atoms with E-state index in [4.69, 9.17) is 10.2 Å². The van der Waals surface area contributed by atoms with Gasteiger partial charge < -0.3 is 9.47 Å². The van der Waals surface area contributed by atoms with Gasteiger partial charge in [0.05, 0.1) is 51.1 Å². The highest BCUT2D eigenvalue weighted by molar-refractivity contribution is 7.16. The smallest absolute Gasteiger partial charge is 0.252 e. The Morgan fingerprint density at radius 3 is 2.74 bits per heavy atom. The van der Waals surface area contributed by atoms with Crippen LogP contribution in [0.25, 0.3) is 21.3 Å². The minimum atomic E-state index is -0.0650. The SMILES string of the molecule is CC[C@H]1CN(C(C)c2cc3scnc3cn2)[C@H](CC)CN1c1cc(=O)n(C)c2cn(CC#N)nc12. The van der Waals surface area contributed by atoms with E-state index >= 15 is 0 Å². The molecule has 0 saturated carbocycles. The third kappa shape index (κ3) is 4.09. The normalized spacial score (nSPS) is 19.9. The van der Waals surface area contributed by atoms with Crippen LogP contribution in [-0.4, -0.2) is 54.4 Å². The van der Waals surface area contributed by atoms with Crippen LogP contribution in [-0.2, 0) is 13.6 Å². The van der Waals surface area contributed by atoms with Crippen molar-refractivity contribution in [3.63, 3.8) is 0 Å². The van der Waals surface area contributed by atoms with Gasteiger partial charge >= 0.3 is 0 Å². The van der Waals surface area contributed by atoms with E-state index in [9.17, 15) is 4.79 Å². The van der Waals surface area contributed by atoms with Crippen molar-refractivity contribution in [1.29, 1.82) is 5.26 Å². The predicted molar refractivity (Wildman–Crippen MR) is 139 cm³/mol. The van der Waals surface area contributed by atoms with Crippen molar-refractivity contribution in [2.24, 2.45) is 7.05 Å². The molecule has 4 aromatic heterocycles. The zero-order chi connectivity index (χ0) is 24.7. The third-order valence-corrected chi connectivity index (χ3v) is 8.12. The van der Waals surface area contributed by atoms with Crippen molar-refractivity contribution in [3.8, 4) is 6.07 Å². The van der Waals surface area contributed by atoms with Gasteiger partial charge in [-0.15, -0.1) is 11.3 Å². The molecule has 0 amide bonds. The Morgan fingerprint density at radius 2 is 2.00 bits per heavy atom. The molecule has 0 radical (unpaired) electrons. The first-order valence-corrected chi connectivity index (χ1v) is 13.0. The summed E-state index contributed by atoms with van der Waals surface area (Å²) in [5, 5.41) is 13.8. The Hall–Kier alpha value is -3.29. The largest absolute Gasteiger partial charge is 0.364 e. The molecule has 0 bridgehead atoms. The summed E-state index contributed by atoms with van der Waals surface area (Å²) in [7, 11) is 1.76. The van der Waals surface area contributed by atoms with Crippen molar-refractivity contribution in [2.45, 2.75) is 58.3 Å². The van der Waals surface area contributed by atoms with E-state index in [0.29, 0.717) is 6.04 Å². The minimum Gasteiger partial charge on any atom is -0.364 e. The van der Waals surface area contributed by atoms with Crippen LogP contribution in [0.1, 0.15) is 45.3 Å². The molecule has 1 aliphatic heterocycles. The first kappa shape index (κ1) is 23.5. The molecular formula is C25H30N8OS. The van der Waals surface area contributed by atoms with Gasteiger partial charge in [0, 0.05) is 44.3 Å². The molecule has 9 nitrogen and oxygen atoms in total. The van der Waals surface area contributed by atoms with Gasteiger partial charge in [-0.1, -0.05) is 13.8 Å².